The van der Waals surface area contributed by atoms with Gasteiger partial charge in [0.25, 0.3) is 0 Å². The first-order valence-corrected chi connectivity index (χ1v) is 7.89. The zero-order chi connectivity index (χ0) is 12.8. The molecule has 0 radical (unpaired) electrons. The summed E-state index contributed by atoms with van der Waals surface area (Å²) >= 11 is 0. The van der Waals surface area contributed by atoms with Crippen molar-refractivity contribution in [3.63, 3.8) is 0 Å². The Balaban J connectivity index is 1.75. The van der Waals surface area contributed by atoms with E-state index in [1.807, 2.05) is 0 Å². The molecule has 0 spiro atoms. The minimum Gasteiger partial charge on any atom is -0.374 e. The zero-order valence-electron chi connectivity index (χ0n) is 12.2. The van der Waals surface area contributed by atoms with Crippen LogP contribution in [0.15, 0.2) is 0 Å². The maximum absolute atomic E-state index is 5.97. The lowest BCUT2D eigenvalue weighted by atomic mass is 10.1. The van der Waals surface area contributed by atoms with Crippen LogP contribution in [0, 0.1) is 0 Å². The quantitative estimate of drug-likeness (QED) is 0.755. The molecule has 3 atom stereocenters. The van der Waals surface area contributed by atoms with Crippen molar-refractivity contribution in [1.29, 1.82) is 0 Å². The summed E-state index contributed by atoms with van der Waals surface area (Å²) in [6, 6.07) is 0.723. The van der Waals surface area contributed by atoms with Crippen molar-refractivity contribution < 1.29 is 4.74 Å². The van der Waals surface area contributed by atoms with Crippen LogP contribution >= 0.6 is 0 Å². The van der Waals surface area contributed by atoms with Gasteiger partial charge in [-0.05, 0) is 52.1 Å². The number of rotatable bonds is 7. The fourth-order valence-electron chi connectivity index (χ4n) is 3.17. The molecule has 2 heterocycles. The van der Waals surface area contributed by atoms with Gasteiger partial charge in [0.1, 0.15) is 0 Å². The Morgan fingerprint density at radius 2 is 2.11 bits per heavy atom. The standard InChI is InChI=1S/C15H30N2O/c1-3-4-10-17(11-14-6-5-9-16-14)12-15-8-7-13(2)18-15/h13-16H,3-12H2,1-2H3. The molecule has 106 valence electrons. The van der Waals surface area contributed by atoms with Crippen LogP contribution in [0.2, 0.25) is 0 Å². The Morgan fingerprint density at radius 1 is 1.22 bits per heavy atom. The van der Waals surface area contributed by atoms with E-state index < -0.39 is 0 Å². The number of hydrogen-bond acceptors (Lipinski definition) is 3. The smallest absolute Gasteiger partial charge is 0.0706 e. The summed E-state index contributed by atoms with van der Waals surface area (Å²) in [4.78, 5) is 2.63. The van der Waals surface area contributed by atoms with Crippen molar-refractivity contribution in [3.05, 3.63) is 0 Å². The van der Waals surface area contributed by atoms with E-state index in [0.29, 0.717) is 12.2 Å². The van der Waals surface area contributed by atoms with E-state index in [-0.39, 0.29) is 0 Å². The lowest BCUT2D eigenvalue weighted by Crippen LogP contribution is -2.41. The number of nitrogens with one attached hydrogen (secondary N) is 1. The van der Waals surface area contributed by atoms with Gasteiger partial charge in [-0.15, -0.1) is 0 Å². The molecule has 18 heavy (non-hydrogen) atoms. The van der Waals surface area contributed by atoms with E-state index >= 15 is 0 Å². The molecule has 0 aromatic carbocycles. The summed E-state index contributed by atoms with van der Waals surface area (Å²) < 4.78 is 5.97. The normalized spacial score (nSPS) is 32.5. The molecule has 0 amide bonds. The van der Waals surface area contributed by atoms with Crippen molar-refractivity contribution in [2.75, 3.05) is 26.2 Å². The zero-order valence-corrected chi connectivity index (χ0v) is 12.2. The van der Waals surface area contributed by atoms with Gasteiger partial charge in [-0.3, -0.25) is 4.90 Å². The lowest BCUT2D eigenvalue weighted by Gasteiger charge is -2.28. The predicted octanol–water partition coefficient (Wildman–Crippen LogP) is 2.41. The first kappa shape index (κ1) is 14.3. The fourth-order valence-corrected chi connectivity index (χ4v) is 3.17. The van der Waals surface area contributed by atoms with Crippen LogP contribution in [0.1, 0.15) is 52.4 Å². The molecule has 2 aliphatic heterocycles. The summed E-state index contributed by atoms with van der Waals surface area (Å²) in [6.07, 6.45) is 8.76. The number of ether oxygens (including phenoxy) is 1. The molecule has 0 aliphatic carbocycles. The Morgan fingerprint density at radius 3 is 2.72 bits per heavy atom. The van der Waals surface area contributed by atoms with Crippen molar-refractivity contribution in [3.8, 4) is 0 Å². The Labute approximate surface area is 112 Å². The topological polar surface area (TPSA) is 24.5 Å². The molecule has 1 N–H and O–H groups in total. The molecular weight excluding hydrogens is 224 g/mol. The van der Waals surface area contributed by atoms with E-state index in [2.05, 4.69) is 24.1 Å². The minimum atomic E-state index is 0.479. The summed E-state index contributed by atoms with van der Waals surface area (Å²) in [6.45, 7) is 9.29. The average Bonchev–Trinajstić information content (AvgIpc) is 2.98. The van der Waals surface area contributed by atoms with Crippen molar-refractivity contribution in [1.82, 2.24) is 10.2 Å². The third kappa shape index (κ3) is 4.52. The third-order valence-electron chi connectivity index (χ3n) is 4.25. The molecule has 3 heteroatoms. The van der Waals surface area contributed by atoms with Crippen LogP contribution in [-0.2, 0) is 4.74 Å². The molecule has 0 aromatic heterocycles. The Hall–Kier alpha value is -0.120. The summed E-state index contributed by atoms with van der Waals surface area (Å²) in [5.74, 6) is 0. The SMILES string of the molecule is CCCCN(CC1CCCN1)CC1CCC(C)O1. The first-order valence-electron chi connectivity index (χ1n) is 7.89. The molecule has 2 rings (SSSR count). The third-order valence-corrected chi connectivity index (χ3v) is 4.25. The van der Waals surface area contributed by atoms with E-state index in [1.54, 1.807) is 0 Å². The molecule has 0 saturated carbocycles. The van der Waals surface area contributed by atoms with Crippen LogP contribution in [0.25, 0.3) is 0 Å². The molecular formula is C15H30N2O. The maximum Gasteiger partial charge on any atom is 0.0706 e. The van der Waals surface area contributed by atoms with Gasteiger partial charge in [0, 0.05) is 19.1 Å². The van der Waals surface area contributed by atoms with E-state index in [1.165, 1.54) is 58.2 Å². The number of nitrogens with zero attached hydrogens (tertiary/aromatic N) is 1. The van der Waals surface area contributed by atoms with E-state index in [4.69, 9.17) is 4.74 Å². The van der Waals surface area contributed by atoms with Crippen LogP contribution in [0.3, 0.4) is 0 Å². The van der Waals surface area contributed by atoms with Gasteiger partial charge in [-0.25, -0.2) is 0 Å². The van der Waals surface area contributed by atoms with Crippen LogP contribution in [0.5, 0.6) is 0 Å². The van der Waals surface area contributed by atoms with Crippen molar-refractivity contribution in [2.45, 2.75) is 70.6 Å². The first-order chi connectivity index (χ1) is 8.78. The molecule has 0 aromatic rings. The fraction of sp³-hybridized carbons (Fsp3) is 1.00. The summed E-state index contributed by atoms with van der Waals surface area (Å²) in [7, 11) is 0. The monoisotopic (exact) mass is 254 g/mol. The van der Waals surface area contributed by atoms with Gasteiger partial charge >= 0.3 is 0 Å². The molecule has 3 nitrogen and oxygen atoms in total. The van der Waals surface area contributed by atoms with E-state index in [9.17, 15) is 0 Å². The van der Waals surface area contributed by atoms with E-state index in [0.717, 1.165) is 12.6 Å². The highest BCUT2D eigenvalue weighted by molar-refractivity contribution is 4.81. The minimum absolute atomic E-state index is 0.479. The van der Waals surface area contributed by atoms with Crippen LogP contribution in [0.4, 0.5) is 0 Å². The van der Waals surface area contributed by atoms with Gasteiger partial charge in [-0.1, -0.05) is 13.3 Å². The maximum atomic E-state index is 5.97. The summed E-state index contributed by atoms with van der Waals surface area (Å²) in [5.41, 5.74) is 0. The van der Waals surface area contributed by atoms with Crippen LogP contribution < -0.4 is 5.32 Å². The Bertz CT molecular complexity index is 229. The van der Waals surface area contributed by atoms with Crippen LogP contribution in [-0.4, -0.2) is 49.3 Å². The number of unbranched alkanes of at least 4 members (excludes halogenated alkanes) is 1. The van der Waals surface area contributed by atoms with Crippen molar-refractivity contribution in [2.24, 2.45) is 0 Å². The van der Waals surface area contributed by atoms with Gasteiger partial charge in [-0.2, -0.15) is 0 Å². The largest absolute Gasteiger partial charge is 0.374 e. The molecule has 3 unspecified atom stereocenters. The van der Waals surface area contributed by atoms with Gasteiger partial charge in [0.05, 0.1) is 12.2 Å². The van der Waals surface area contributed by atoms with Gasteiger partial charge in [0.2, 0.25) is 0 Å². The summed E-state index contributed by atoms with van der Waals surface area (Å²) in [5, 5.41) is 3.61. The molecule has 2 fully saturated rings. The second kappa shape index (κ2) is 7.46. The molecule has 0 bridgehead atoms. The second-order valence-electron chi connectivity index (χ2n) is 6.05. The highest BCUT2D eigenvalue weighted by atomic mass is 16.5. The van der Waals surface area contributed by atoms with Gasteiger partial charge < -0.3 is 10.1 Å². The second-order valence-corrected chi connectivity index (χ2v) is 6.05. The van der Waals surface area contributed by atoms with Crippen molar-refractivity contribution >= 4 is 0 Å². The highest BCUT2D eigenvalue weighted by Gasteiger charge is 2.25. The Kier molecular flexibility index (Phi) is 5.93. The molecule has 2 saturated heterocycles. The highest BCUT2D eigenvalue weighted by Crippen LogP contribution is 2.20. The molecule has 2 aliphatic rings. The van der Waals surface area contributed by atoms with Gasteiger partial charge in [0.15, 0.2) is 0 Å². The number of hydrogen-bond donors (Lipinski definition) is 1. The lowest BCUT2D eigenvalue weighted by molar-refractivity contribution is 0.0296. The predicted molar refractivity (Wildman–Crippen MR) is 75.9 cm³/mol. The average molecular weight is 254 g/mol.